The molecule has 0 aliphatic carbocycles. The van der Waals surface area contributed by atoms with E-state index in [2.05, 4.69) is 10.1 Å². The van der Waals surface area contributed by atoms with Gasteiger partial charge in [-0.15, -0.1) is 0 Å². The second kappa shape index (κ2) is 8.23. The van der Waals surface area contributed by atoms with Gasteiger partial charge in [-0.2, -0.15) is 4.31 Å². The van der Waals surface area contributed by atoms with Gasteiger partial charge in [-0.3, -0.25) is 4.79 Å². The number of aromatic nitrogens is 1. The molecule has 1 aromatic heterocycles. The van der Waals surface area contributed by atoms with Gasteiger partial charge >= 0.3 is 5.97 Å². The minimum atomic E-state index is -3.96. The van der Waals surface area contributed by atoms with Crippen LogP contribution in [0.25, 0.3) is 0 Å². The van der Waals surface area contributed by atoms with Crippen molar-refractivity contribution in [2.75, 3.05) is 33.1 Å². The number of nitrogens with zero attached hydrogens (tertiary/aromatic N) is 2. The molecule has 9 nitrogen and oxygen atoms in total. The molecule has 0 saturated heterocycles. The van der Waals surface area contributed by atoms with Crippen molar-refractivity contribution in [1.29, 1.82) is 0 Å². The molecule has 2 rings (SSSR count). The average Bonchev–Trinajstić information content (AvgIpc) is 3.04. The summed E-state index contributed by atoms with van der Waals surface area (Å²) < 4.78 is 37.2. The van der Waals surface area contributed by atoms with Gasteiger partial charge in [-0.25, -0.2) is 13.2 Å². The fourth-order valence-corrected chi connectivity index (χ4v) is 3.52. The summed E-state index contributed by atoms with van der Waals surface area (Å²) in [4.78, 5) is 23.7. The molecule has 27 heavy (non-hydrogen) atoms. The number of anilines is 1. The molecule has 0 aliphatic rings. The summed E-state index contributed by atoms with van der Waals surface area (Å²) in [5.41, 5.74) is 0.603. The van der Waals surface area contributed by atoms with E-state index in [0.29, 0.717) is 11.4 Å². The Morgan fingerprint density at radius 2 is 1.81 bits per heavy atom. The highest BCUT2D eigenvalue weighted by molar-refractivity contribution is 7.89. The highest BCUT2D eigenvalue weighted by Gasteiger charge is 2.26. The van der Waals surface area contributed by atoms with Gasteiger partial charge in [0, 0.05) is 26.0 Å². The molecule has 1 N–H and O–H groups in total. The lowest BCUT2D eigenvalue weighted by molar-refractivity contribution is -0.116. The molecule has 2 aromatic rings. The first-order valence-electron chi connectivity index (χ1n) is 7.84. The summed E-state index contributed by atoms with van der Waals surface area (Å²) in [6.07, 6.45) is 1.29. The number of methoxy groups -OCH3 is 2. The van der Waals surface area contributed by atoms with Crippen molar-refractivity contribution in [3.63, 3.8) is 0 Å². The summed E-state index contributed by atoms with van der Waals surface area (Å²) in [5.74, 6) is -0.521. The fraction of sp³-hybridized carbons (Fsp3) is 0.294. The van der Waals surface area contributed by atoms with Gasteiger partial charge < -0.3 is 19.4 Å². The molecule has 0 spiro atoms. The minimum Gasteiger partial charge on any atom is -0.497 e. The Bertz CT molecular complexity index is 934. The molecule has 0 saturated carbocycles. The summed E-state index contributed by atoms with van der Waals surface area (Å²) in [7, 11) is 1.60. The van der Waals surface area contributed by atoms with Crippen LogP contribution >= 0.6 is 0 Å². The third-order valence-corrected chi connectivity index (χ3v) is 5.59. The highest BCUT2D eigenvalue weighted by atomic mass is 32.2. The maximum Gasteiger partial charge on any atom is 0.354 e. The van der Waals surface area contributed by atoms with Gasteiger partial charge in [0.05, 0.1) is 20.8 Å². The molecule has 0 aliphatic heterocycles. The van der Waals surface area contributed by atoms with Gasteiger partial charge in [0.15, 0.2) is 0 Å². The molecule has 1 amide bonds. The number of ether oxygens (including phenoxy) is 2. The Hall–Kier alpha value is -2.85. The van der Waals surface area contributed by atoms with E-state index in [9.17, 15) is 18.0 Å². The topological polar surface area (TPSA) is 107 Å². The first-order chi connectivity index (χ1) is 12.7. The van der Waals surface area contributed by atoms with Crippen LogP contribution in [0.2, 0.25) is 0 Å². The predicted molar refractivity (Wildman–Crippen MR) is 98.2 cm³/mol. The molecule has 1 aromatic carbocycles. The lowest BCUT2D eigenvalue weighted by Crippen LogP contribution is -2.34. The van der Waals surface area contributed by atoms with E-state index in [0.717, 1.165) is 4.31 Å². The second-order valence-corrected chi connectivity index (χ2v) is 7.75. The van der Waals surface area contributed by atoms with Crippen LogP contribution < -0.4 is 10.1 Å². The van der Waals surface area contributed by atoms with Gasteiger partial charge in [0.1, 0.15) is 16.3 Å². The number of hydrogen-bond acceptors (Lipinski definition) is 6. The van der Waals surface area contributed by atoms with Crippen molar-refractivity contribution in [2.45, 2.75) is 4.90 Å². The predicted octanol–water partition coefficient (Wildman–Crippen LogP) is 1.08. The van der Waals surface area contributed by atoms with E-state index in [1.54, 1.807) is 24.3 Å². The molecule has 1 heterocycles. The Morgan fingerprint density at radius 1 is 1.19 bits per heavy atom. The van der Waals surface area contributed by atoms with Gasteiger partial charge in [0.25, 0.3) is 0 Å². The van der Waals surface area contributed by atoms with Crippen molar-refractivity contribution in [3.05, 3.63) is 42.2 Å². The molecule has 146 valence electrons. The third kappa shape index (κ3) is 4.66. The Kier molecular flexibility index (Phi) is 6.24. The summed E-state index contributed by atoms with van der Waals surface area (Å²) in [6.45, 7) is -0.392. The second-order valence-electron chi connectivity index (χ2n) is 5.70. The largest absolute Gasteiger partial charge is 0.497 e. The number of nitrogens with one attached hydrogen (secondary N) is 1. The molecule has 0 fully saturated rings. The number of carbonyl (C=O) groups is 2. The standard InChI is InChI=1S/C17H21N3O6S/c1-19-10-14(9-15(19)17(22)26-4)27(23,24)20(2)11-16(21)18-12-5-7-13(25-3)8-6-12/h5-10H,11H2,1-4H3,(H,18,21). The monoisotopic (exact) mass is 395 g/mol. The van der Waals surface area contributed by atoms with Crippen molar-refractivity contribution in [2.24, 2.45) is 7.05 Å². The van der Waals surface area contributed by atoms with Crippen LogP contribution in [0.4, 0.5) is 5.69 Å². The van der Waals surface area contributed by atoms with Crippen LogP contribution in [-0.2, 0) is 26.6 Å². The van der Waals surface area contributed by atoms with Crippen LogP contribution in [0.15, 0.2) is 41.4 Å². The molecular formula is C17H21N3O6S. The maximum absolute atomic E-state index is 12.6. The first-order valence-corrected chi connectivity index (χ1v) is 9.28. The summed E-state index contributed by atoms with van der Waals surface area (Å²) in [5, 5.41) is 2.61. The molecule has 0 bridgehead atoms. The summed E-state index contributed by atoms with van der Waals surface area (Å²) >= 11 is 0. The molecule has 0 atom stereocenters. The summed E-state index contributed by atoms with van der Waals surface area (Å²) in [6, 6.07) is 7.85. The lowest BCUT2D eigenvalue weighted by Gasteiger charge is -2.16. The normalized spacial score (nSPS) is 11.3. The first kappa shape index (κ1) is 20.5. The van der Waals surface area contributed by atoms with Crippen LogP contribution in [0.5, 0.6) is 5.75 Å². The number of sulfonamides is 1. The van der Waals surface area contributed by atoms with Crippen LogP contribution in [0, 0.1) is 0 Å². The number of likely N-dealkylation sites (N-methyl/N-ethyl adjacent to an activating group) is 1. The highest BCUT2D eigenvalue weighted by Crippen LogP contribution is 2.19. The molecular weight excluding hydrogens is 374 g/mol. The van der Waals surface area contributed by atoms with Crippen LogP contribution in [0.1, 0.15) is 10.5 Å². The quantitative estimate of drug-likeness (QED) is 0.703. The van der Waals surface area contributed by atoms with Gasteiger partial charge in [-0.05, 0) is 30.3 Å². The van der Waals surface area contributed by atoms with Crippen molar-refractivity contribution >= 4 is 27.6 Å². The van der Waals surface area contributed by atoms with Crippen molar-refractivity contribution in [3.8, 4) is 5.75 Å². The number of benzene rings is 1. The van der Waals surface area contributed by atoms with E-state index in [-0.39, 0.29) is 10.6 Å². The number of aryl methyl sites for hydroxylation is 1. The molecule has 0 radical (unpaired) electrons. The lowest BCUT2D eigenvalue weighted by atomic mass is 10.3. The number of amides is 1. The van der Waals surface area contributed by atoms with Crippen molar-refractivity contribution < 1.29 is 27.5 Å². The maximum atomic E-state index is 12.6. The average molecular weight is 395 g/mol. The zero-order chi connectivity index (χ0) is 20.2. The number of esters is 1. The van der Waals surface area contributed by atoms with Crippen LogP contribution in [-0.4, -0.2) is 57.0 Å². The minimum absolute atomic E-state index is 0.0900. The SMILES string of the molecule is COC(=O)c1cc(S(=O)(=O)N(C)CC(=O)Nc2ccc(OC)cc2)cn1C. The van der Waals surface area contributed by atoms with Crippen LogP contribution in [0.3, 0.4) is 0 Å². The Labute approximate surface area is 157 Å². The van der Waals surface area contributed by atoms with E-state index in [1.807, 2.05) is 0 Å². The molecule has 0 unspecified atom stereocenters. The third-order valence-electron chi connectivity index (χ3n) is 3.82. The zero-order valence-corrected chi connectivity index (χ0v) is 16.2. The Balaban J connectivity index is 2.10. The van der Waals surface area contributed by atoms with Gasteiger partial charge in [0.2, 0.25) is 15.9 Å². The smallest absolute Gasteiger partial charge is 0.354 e. The van der Waals surface area contributed by atoms with Crippen molar-refractivity contribution in [1.82, 2.24) is 8.87 Å². The molecule has 10 heteroatoms. The zero-order valence-electron chi connectivity index (χ0n) is 15.4. The number of rotatable bonds is 7. The fourth-order valence-electron chi connectivity index (χ4n) is 2.32. The number of hydrogen-bond donors (Lipinski definition) is 1. The van der Waals surface area contributed by atoms with E-state index in [1.165, 1.54) is 45.1 Å². The number of carbonyl (C=O) groups excluding carboxylic acids is 2. The van der Waals surface area contributed by atoms with Gasteiger partial charge in [-0.1, -0.05) is 0 Å². The Morgan fingerprint density at radius 3 is 2.37 bits per heavy atom. The van der Waals surface area contributed by atoms with E-state index in [4.69, 9.17) is 4.74 Å². The van der Waals surface area contributed by atoms with E-state index >= 15 is 0 Å². The van der Waals surface area contributed by atoms with E-state index < -0.39 is 28.4 Å².